The van der Waals surface area contributed by atoms with Crippen LogP contribution in [0.4, 0.5) is 0 Å². The zero-order valence-electron chi connectivity index (χ0n) is 12.0. The summed E-state index contributed by atoms with van der Waals surface area (Å²) < 4.78 is 0. The van der Waals surface area contributed by atoms with Crippen molar-refractivity contribution in [2.45, 2.75) is 13.3 Å². The summed E-state index contributed by atoms with van der Waals surface area (Å²) in [5, 5.41) is 10.8. The number of carboxylic acid groups (broad SMARTS) is 1. The lowest BCUT2D eigenvalue weighted by Gasteiger charge is -2.10. The molecule has 0 saturated carbocycles. The van der Waals surface area contributed by atoms with Crippen molar-refractivity contribution in [3.63, 3.8) is 0 Å². The van der Waals surface area contributed by atoms with Crippen LogP contribution in [0.5, 0.6) is 0 Å². The van der Waals surface area contributed by atoms with Crippen LogP contribution in [-0.2, 0) is 6.42 Å². The minimum atomic E-state index is -0.955. The van der Waals surface area contributed by atoms with Gasteiger partial charge in [0.15, 0.2) is 0 Å². The molecule has 0 bridgehead atoms. The van der Waals surface area contributed by atoms with Crippen LogP contribution in [0.3, 0.4) is 0 Å². The van der Waals surface area contributed by atoms with Gasteiger partial charge in [0, 0.05) is 16.0 Å². The van der Waals surface area contributed by atoms with Crippen molar-refractivity contribution >= 4 is 28.5 Å². The first-order chi connectivity index (χ1) is 10.6. The largest absolute Gasteiger partial charge is 0.478 e. The SMILES string of the molecule is CCc1cccc2c(C(=O)O)cc(-c3cccc(Cl)c3)nc12. The van der Waals surface area contributed by atoms with Crippen molar-refractivity contribution in [1.82, 2.24) is 4.98 Å². The molecular weight excluding hydrogens is 298 g/mol. The third kappa shape index (κ3) is 2.55. The number of hydrogen-bond acceptors (Lipinski definition) is 2. The fourth-order valence-corrected chi connectivity index (χ4v) is 2.76. The molecule has 0 aliphatic carbocycles. The molecule has 0 atom stereocenters. The number of carbonyl (C=O) groups is 1. The van der Waals surface area contributed by atoms with E-state index in [1.54, 1.807) is 24.3 Å². The van der Waals surface area contributed by atoms with E-state index in [2.05, 4.69) is 4.98 Å². The zero-order chi connectivity index (χ0) is 15.7. The van der Waals surface area contributed by atoms with Gasteiger partial charge in [-0.15, -0.1) is 0 Å². The summed E-state index contributed by atoms with van der Waals surface area (Å²) >= 11 is 6.03. The highest BCUT2D eigenvalue weighted by Crippen LogP contribution is 2.28. The number of aromatic carboxylic acids is 1. The number of nitrogens with zero attached hydrogens (tertiary/aromatic N) is 1. The molecule has 1 heterocycles. The second kappa shape index (κ2) is 5.78. The number of carboxylic acids is 1. The second-order valence-electron chi connectivity index (χ2n) is 5.04. The Morgan fingerprint density at radius 3 is 2.64 bits per heavy atom. The fraction of sp³-hybridized carbons (Fsp3) is 0.111. The van der Waals surface area contributed by atoms with Crippen molar-refractivity contribution in [3.8, 4) is 11.3 Å². The van der Waals surface area contributed by atoms with Crippen molar-refractivity contribution in [2.75, 3.05) is 0 Å². The van der Waals surface area contributed by atoms with Crippen LogP contribution in [0.25, 0.3) is 22.2 Å². The lowest BCUT2D eigenvalue weighted by molar-refractivity contribution is 0.0699. The molecule has 4 heteroatoms. The van der Waals surface area contributed by atoms with Gasteiger partial charge in [0.05, 0.1) is 16.8 Å². The number of halogens is 1. The zero-order valence-corrected chi connectivity index (χ0v) is 12.8. The number of benzene rings is 2. The number of aromatic nitrogens is 1. The van der Waals surface area contributed by atoms with Gasteiger partial charge in [-0.05, 0) is 30.2 Å². The summed E-state index contributed by atoms with van der Waals surface area (Å²) in [6.07, 6.45) is 0.794. The minimum Gasteiger partial charge on any atom is -0.478 e. The molecule has 0 unspecified atom stereocenters. The second-order valence-corrected chi connectivity index (χ2v) is 5.47. The van der Waals surface area contributed by atoms with Crippen LogP contribution in [0, 0.1) is 0 Å². The molecule has 3 rings (SSSR count). The molecule has 22 heavy (non-hydrogen) atoms. The van der Waals surface area contributed by atoms with E-state index in [0.717, 1.165) is 23.1 Å². The van der Waals surface area contributed by atoms with Gasteiger partial charge in [0.25, 0.3) is 0 Å². The lowest BCUT2D eigenvalue weighted by atomic mass is 10.0. The van der Waals surface area contributed by atoms with E-state index in [-0.39, 0.29) is 5.56 Å². The number of pyridine rings is 1. The molecule has 2 aromatic carbocycles. The predicted molar refractivity (Wildman–Crippen MR) is 88.5 cm³/mol. The minimum absolute atomic E-state index is 0.260. The van der Waals surface area contributed by atoms with Crippen LogP contribution in [0.2, 0.25) is 5.02 Å². The third-order valence-corrected chi connectivity index (χ3v) is 3.89. The molecule has 0 saturated heterocycles. The quantitative estimate of drug-likeness (QED) is 0.754. The molecule has 3 nitrogen and oxygen atoms in total. The Balaban J connectivity index is 2.35. The molecule has 3 aromatic rings. The smallest absolute Gasteiger partial charge is 0.336 e. The lowest BCUT2D eigenvalue weighted by Crippen LogP contribution is -2.01. The Morgan fingerprint density at radius 2 is 1.95 bits per heavy atom. The number of para-hydroxylation sites is 1. The molecular formula is C18H14ClNO2. The molecule has 0 radical (unpaired) electrons. The molecule has 1 aromatic heterocycles. The first-order valence-corrected chi connectivity index (χ1v) is 7.40. The Bertz CT molecular complexity index is 874. The summed E-state index contributed by atoms with van der Waals surface area (Å²) in [4.78, 5) is 16.3. The van der Waals surface area contributed by atoms with Crippen molar-refractivity contribution in [3.05, 3.63) is 64.7 Å². The first-order valence-electron chi connectivity index (χ1n) is 7.02. The van der Waals surface area contributed by atoms with Crippen LogP contribution in [-0.4, -0.2) is 16.1 Å². The summed E-state index contributed by atoms with van der Waals surface area (Å²) in [6.45, 7) is 2.03. The summed E-state index contributed by atoms with van der Waals surface area (Å²) in [5.74, 6) is -0.955. The summed E-state index contributed by atoms with van der Waals surface area (Å²) in [6, 6.07) is 14.5. The normalized spacial score (nSPS) is 10.8. The predicted octanol–water partition coefficient (Wildman–Crippen LogP) is 4.82. The van der Waals surface area contributed by atoms with Gasteiger partial charge >= 0.3 is 5.97 Å². The van der Waals surface area contributed by atoms with Gasteiger partial charge in [0.2, 0.25) is 0 Å². The van der Waals surface area contributed by atoms with Gasteiger partial charge in [-0.3, -0.25) is 0 Å². The van der Waals surface area contributed by atoms with Crippen molar-refractivity contribution in [2.24, 2.45) is 0 Å². The van der Waals surface area contributed by atoms with Crippen LogP contribution in [0.1, 0.15) is 22.8 Å². The van der Waals surface area contributed by atoms with Gasteiger partial charge < -0.3 is 5.11 Å². The Hall–Kier alpha value is -2.39. The van der Waals surface area contributed by atoms with E-state index >= 15 is 0 Å². The van der Waals surface area contributed by atoms with Crippen LogP contribution < -0.4 is 0 Å². The third-order valence-electron chi connectivity index (χ3n) is 3.65. The molecule has 0 aliphatic heterocycles. The molecule has 0 spiro atoms. The number of rotatable bonds is 3. The molecule has 0 fully saturated rings. The highest BCUT2D eigenvalue weighted by molar-refractivity contribution is 6.30. The Kier molecular flexibility index (Phi) is 3.82. The van der Waals surface area contributed by atoms with Crippen LogP contribution >= 0.6 is 11.6 Å². The molecule has 0 aliphatic rings. The average molecular weight is 312 g/mol. The summed E-state index contributed by atoms with van der Waals surface area (Å²) in [5.41, 5.74) is 3.45. The van der Waals surface area contributed by atoms with Gasteiger partial charge in [-0.2, -0.15) is 0 Å². The van der Waals surface area contributed by atoms with E-state index in [1.165, 1.54) is 0 Å². The number of aryl methyl sites for hydroxylation is 1. The molecule has 110 valence electrons. The Labute approximate surface area is 133 Å². The highest BCUT2D eigenvalue weighted by Gasteiger charge is 2.14. The van der Waals surface area contributed by atoms with Crippen molar-refractivity contribution in [1.29, 1.82) is 0 Å². The van der Waals surface area contributed by atoms with Gasteiger partial charge in [0.1, 0.15) is 0 Å². The monoisotopic (exact) mass is 311 g/mol. The van der Waals surface area contributed by atoms with Crippen molar-refractivity contribution < 1.29 is 9.90 Å². The average Bonchev–Trinajstić information content (AvgIpc) is 2.53. The first kappa shape index (κ1) is 14.5. The van der Waals surface area contributed by atoms with Gasteiger partial charge in [-0.25, -0.2) is 9.78 Å². The topological polar surface area (TPSA) is 50.2 Å². The Morgan fingerprint density at radius 1 is 1.18 bits per heavy atom. The molecule has 0 amide bonds. The number of fused-ring (bicyclic) bond motifs is 1. The highest BCUT2D eigenvalue weighted by atomic mass is 35.5. The maximum Gasteiger partial charge on any atom is 0.336 e. The standard InChI is InChI=1S/C18H14ClNO2/c1-2-11-5-4-8-14-15(18(21)22)10-16(20-17(11)14)12-6-3-7-13(19)9-12/h3-10H,2H2,1H3,(H,21,22). The van der Waals surface area contributed by atoms with E-state index in [4.69, 9.17) is 11.6 Å². The van der Waals surface area contributed by atoms with E-state index < -0.39 is 5.97 Å². The maximum absolute atomic E-state index is 11.6. The molecule has 1 N–H and O–H groups in total. The van der Waals surface area contributed by atoms with E-state index in [0.29, 0.717) is 16.1 Å². The maximum atomic E-state index is 11.6. The van der Waals surface area contributed by atoms with Gasteiger partial charge in [-0.1, -0.05) is 48.9 Å². The van der Waals surface area contributed by atoms with Crippen LogP contribution in [0.15, 0.2) is 48.5 Å². The number of hydrogen-bond donors (Lipinski definition) is 1. The van der Waals surface area contributed by atoms with E-state index in [1.807, 2.05) is 31.2 Å². The fourth-order valence-electron chi connectivity index (χ4n) is 2.57. The summed E-state index contributed by atoms with van der Waals surface area (Å²) in [7, 11) is 0. The van der Waals surface area contributed by atoms with E-state index in [9.17, 15) is 9.90 Å².